The molecule has 0 radical (unpaired) electrons. The average molecular weight is 420 g/mol. The Labute approximate surface area is 168 Å². The van der Waals surface area contributed by atoms with Gasteiger partial charge >= 0.3 is 6.18 Å². The minimum absolute atomic E-state index is 0.0159. The molecule has 3 rings (SSSR count). The highest BCUT2D eigenvalue weighted by molar-refractivity contribution is 7.15. The van der Waals surface area contributed by atoms with Gasteiger partial charge in [0.1, 0.15) is 5.76 Å². The summed E-state index contributed by atoms with van der Waals surface area (Å²) in [6, 6.07) is 5.18. The summed E-state index contributed by atoms with van der Waals surface area (Å²) in [4.78, 5) is 16.8. The van der Waals surface area contributed by atoms with Crippen LogP contribution in [0, 0.1) is 25.2 Å². The molecular formula is C19H15F3N4O2S. The maximum atomic E-state index is 13.3. The maximum absolute atomic E-state index is 13.3. The summed E-state index contributed by atoms with van der Waals surface area (Å²) in [6.07, 6.45) is -3.10. The molecule has 1 N–H and O–H groups in total. The van der Waals surface area contributed by atoms with Crippen LogP contribution in [0.2, 0.25) is 0 Å². The van der Waals surface area contributed by atoms with Crippen molar-refractivity contribution in [3.05, 3.63) is 63.0 Å². The highest BCUT2D eigenvalue weighted by Crippen LogP contribution is 2.34. The van der Waals surface area contributed by atoms with Crippen LogP contribution < -0.4 is 5.32 Å². The van der Waals surface area contributed by atoms with E-state index in [2.05, 4.69) is 15.5 Å². The Morgan fingerprint density at radius 3 is 2.72 bits per heavy atom. The van der Waals surface area contributed by atoms with E-state index in [-0.39, 0.29) is 29.9 Å². The SMILES string of the molecule is Cc1noc(C)c1CC(=O)Nc1ncc(Cc2ccc(C#N)cc2C(F)(F)F)s1. The molecule has 0 unspecified atom stereocenters. The highest BCUT2D eigenvalue weighted by Gasteiger charge is 2.33. The fourth-order valence-corrected chi connectivity index (χ4v) is 3.63. The van der Waals surface area contributed by atoms with E-state index in [1.807, 2.05) is 0 Å². The number of aromatic nitrogens is 2. The van der Waals surface area contributed by atoms with Crippen molar-refractivity contribution in [3.63, 3.8) is 0 Å². The largest absolute Gasteiger partial charge is 0.416 e. The fraction of sp³-hybridized carbons (Fsp3) is 0.263. The second-order valence-electron chi connectivity index (χ2n) is 6.32. The molecule has 0 aliphatic carbocycles. The van der Waals surface area contributed by atoms with Crippen molar-refractivity contribution in [2.45, 2.75) is 32.9 Å². The molecule has 6 nitrogen and oxygen atoms in total. The third-order valence-corrected chi connectivity index (χ3v) is 5.14. The number of nitriles is 1. The van der Waals surface area contributed by atoms with Gasteiger partial charge in [-0.05, 0) is 31.5 Å². The Morgan fingerprint density at radius 1 is 1.34 bits per heavy atom. The predicted octanol–water partition coefficient (Wildman–Crippen LogP) is 4.41. The second kappa shape index (κ2) is 8.05. The maximum Gasteiger partial charge on any atom is 0.416 e. The first kappa shape index (κ1) is 20.5. The summed E-state index contributed by atoms with van der Waals surface area (Å²) >= 11 is 1.09. The monoisotopic (exact) mass is 420 g/mol. The molecule has 0 atom stereocenters. The van der Waals surface area contributed by atoms with Gasteiger partial charge in [-0.3, -0.25) is 4.79 Å². The number of halogens is 3. The molecule has 0 bridgehead atoms. The normalized spacial score (nSPS) is 11.3. The molecule has 3 aromatic rings. The number of carbonyl (C=O) groups is 1. The van der Waals surface area contributed by atoms with Gasteiger partial charge in [0.25, 0.3) is 0 Å². The van der Waals surface area contributed by atoms with Crippen LogP contribution in [0.3, 0.4) is 0 Å². The number of aryl methyl sites for hydroxylation is 2. The van der Waals surface area contributed by atoms with Crippen molar-refractivity contribution in [3.8, 4) is 6.07 Å². The molecule has 2 heterocycles. The predicted molar refractivity (Wildman–Crippen MR) is 99.4 cm³/mol. The van der Waals surface area contributed by atoms with E-state index in [1.165, 1.54) is 18.3 Å². The molecule has 10 heteroatoms. The van der Waals surface area contributed by atoms with Crippen molar-refractivity contribution >= 4 is 22.4 Å². The number of nitrogens with one attached hydrogen (secondary N) is 1. The number of amides is 1. The quantitative estimate of drug-likeness (QED) is 0.660. The molecule has 1 amide bonds. The zero-order chi connectivity index (χ0) is 21.2. The van der Waals surface area contributed by atoms with Gasteiger partial charge in [-0.1, -0.05) is 11.2 Å². The lowest BCUT2D eigenvalue weighted by Gasteiger charge is -2.12. The summed E-state index contributed by atoms with van der Waals surface area (Å²) in [5, 5.41) is 15.6. The summed E-state index contributed by atoms with van der Waals surface area (Å²) in [7, 11) is 0. The van der Waals surface area contributed by atoms with Crippen LogP contribution >= 0.6 is 11.3 Å². The van der Waals surface area contributed by atoms with E-state index in [1.54, 1.807) is 19.9 Å². The van der Waals surface area contributed by atoms with E-state index in [9.17, 15) is 18.0 Å². The van der Waals surface area contributed by atoms with Crippen molar-refractivity contribution in [2.75, 3.05) is 5.32 Å². The number of hydrogen-bond donors (Lipinski definition) is 1. The molecule has 2 aromatic heterocycles. The van der Waals surface area contributed by atoms with Gasteiger partial charge in [0.15, 0.2) is 5.13 Å². The lowest BCUT2D eigenvalue weighted by Crippen LogP contribution is -2.14. The number of nitrogens with zero attached hydrogens (tertiary/aromatic N) is 3. The highest BCUT2D eigenvalue weighted by atomic mass is 32.1. The van der Waals surface area contributed by atoms with Crippen molar-refractivity contribution < 1.29 is 22.5 Å². The second-order valence-corrected chi connectivity index (χ2v) is 7.43. The summed E-state index contributed by atoms with van der Waals surface area (Å²) in [5.41, 5.74) is 0.435. The Hall–Kier alpha value is -3.19. The van der Waals surface area contributed by atoms with Crippen LogP contribution in [-0.4, -0.2) is 16.0 Å². The van der Waals surface area contributed by atoms with Gasteiger partial charge in [-0.2, -0.15) is 18.4 Å². The molecular weight excluding hydrogens is 405 g/mol. The van der Waals surface area contributed by atoms with E-state index in [4.69, 9.17) is 9.78 Å². The molecule has 1 aromatic carbocycles. The Kier molecular flexibility index (Phi) is 5.70. The zero-order valence-corrected chi connectivity index (χ0v) is 16.2. The number of hydrogen-bond acceptors (Lipinski definition) is 6. The van der Waals surface area contributed by atoms with E-state index >= 15 is 0 Å². The number of benzene rings is 1. The van der Waals surface area contributed by atoms with Crippen LogP contribution in [0.15, 0.2) is 28.9 Å². The number of thiazole rings is 1. The number of rotatable bonds is 5. The first-order chi connectivity index (χ1) is 13.7. The van der Waals surface area contributed by atoms with E-state index < -0.39 is 11.7 Å². The van der Waals surface area contributed by atoms with Crippen molar-refractivity contribution in [1.29, 1.82) is 5.26 Å². The summed E-state index contributed by atoms with van der Waals surface area (Å²) in [5.74, 6) is 0.229. The lowest BCUT2D eigenvalue weighted by atomic mass is 10.0. The molecule has 0 fully saturated rings. The van der Waals surface area contributed by atoms with Crippen LogP contribution in [-0.2, 0) is 23.8 Å². The fourth-order valence-electron chi connectivity index (χ4n) is 2.78. The Bertz CT molecular complexity index is 1080. The topological polar surface area (TPSA) is 91.8 Å². The van der Waals surface area contributed by atoms with Crippen molar-refractivity contribution in [1.82, 2.24) is 10.1 Å². The van der Waals surface area contributed by atoms with Crippen molar-refractivity contribution in [2.24, 2.45) is 0 Å². The van der Waals surface area contributed by atoms with Gasteiger partial charge < -0.3 is 9.84 Å². The standard InChI is InChI=1S/C19H15F3N4O2S/c1-10-15(11(2)28-26-10)7-17(27)25-18-24-9-14(29-18)6-13-4-3-12(8-23)5-16(13)19(20,21)22/h3-5,9H,6-7H2,1-2H3,(H,24,25,27). The summed E-state index contributed by atoms with van der Waals surface area (Å²) < 4.78 is 44.9. The minimum atomic E-state index is -4.57. The molecule has 0 saturated carbocycles. The van der Waals surface area contributed by atoms with Gasteiger partial charge in [-0.15, -0.1) is 11.3 Å². The smallest absolute Gasteiger partial charge is 0.361 e. The van der Waals surface area contributed by atoms with Crippen LogP contribution in [0.4, 0.5) is 18.3 Å². The van der Waals surface area contributed by atoms with Gasteiger partial charge in [0.2, 0.25) is 5.91 Å². The Balaban J connectivity index is 1.73. The van der Waals surface area contributed by atoms with Crippen LogP contribution in [0.1, 0.15) is 38.6 Å². The Morgan fingerprint density at radius 2 is 2.10 bits per heavy atom. The summed E-state index contributed by atoms with van der Waals surface area (Å²) in [6.45, 7) is 3.44. The lowest BCUT2D eigenvalue weighted by molar-refractivity contribution is -0.138. The number of carbonyl (C=O) groups excluding carboxylic acids is 1. The van der Waals surface area contributed by atoms with E-state index in [0.717, 1.165) is 17.4 Å². The zero-order valence-electron chi connectivity index (χ0n) is 15.4. The minimum Gasteiger partial charge on any atom is -0.361 e. The van der Waals surface area contributed by atoms with Gasteiger partial charge in [-0.25, -0.2) is 4.98 Å². The first-order valence-electron chi connectivity index (χ1n) is 8.44. The molecule has 29 heavy (non-hydrogen) atoms. The average Bonchev–Trinajstić information content (AvgIpc) is 3.22. The molecule has 0 saturated heterocycles. The molecule has 0 aliphatic rings. The van der Waals surface area contributed by atoms with Crippen LogP contribution in [0.25, 0.3) is 0 Å². The number of anilines is 1. The first-order valence-corrected chi connectivity index (χ1v) is 9.25. The van der Waals surface area contributed by atoms with E-state index in [0.29, 0.717) is 27.0 Å². The third kappa shape index (κ3) is 4.81. The molecule has 0 aliphatic heterocycles. The molecule has 0 spiro atoms. The third-order valence-electron chi connectivity index (χ3n) is 4.23. The van der Waals surface area contributed by atoms with Gasteiger partial charge in [0.05, 0.1) is 29.3 Å². The van der Waals surface area contributed by atoms with Crippen LogP contribution in [0.5, 0.6) is 0 Å². The van der Waals surface area contributed by atoms with Gasteiger partial charge in [0, 0.05) is 23.1 Å². The molecule has 150 valence electrons. The number of alkyl halides is 3.